The lowest BCUT2D eigenvalue weighted by atomic mass is 9.96. The minimum atomic E-state index is -1.53. The molecule has 0 radical (unpaired) electrons. The smallest absolute Gasteiger partial charge is 0.338 e. The predicted octanol–water partition coefficient (Wildman–Crippen LogP) is 0.699. The van der Waals surface area contributed by atoms with E-state index in [0.29, 0.717) is 16.7 Å². The first-order valence-electron chi connectivity index (χ1n) is 4.96. The number of carbonyl (C=O) groups is 1. The maximum Gasteiger partial charge on any atom is 0.338 e. The minimum Gasteiger partial charge on any atom is -0.465 e. The van der Waals surface area contributed by atoms with Crippen molar-refractivity contribution in [1.29, 1.82) is 5.26 Å². The summed E-state index contributed by atoms with van der Waals surface area (Å²) < 4.78 is 4.59. The standard InChI is InChI=1S/C12H13NO4/c1-7-8(11(15)10(14)6-13)4-3-5-9(7)12(16)17-2/h3-5,10-11,14-15H,1-2H3. The molecule has 5 heteroatoms. The topological polar surface area (TPSA) is 90.6 Å². The Balaban J connectivity index is 3.20. The third kappa shape index (κ3) is 2.61. The highest BCUT2D eigenvalue weighted by molar-refractivity contribution is 5.91. The Morgan fingerprint density at radius 2 is 2.12 bits per heavy atom. The van der Waals surface area contributed by atoms with E-state index in [4.69, 9.17) is 5.26 Å². The summed E-state index contributed by atoms with van der Waals surface area (Å²) in [7, 11) is 1.26. The Morgan fingerprint density at radius 1 is 1.47 bits per heavy atom. The van der Waals surface area contributed by atoms with Crippen LogP contribution in [-0.4, -0.2) is 29.4 Å². The van der Waals surface area contributed by atoms with Gasteiger partial charge < -0.3 is 14.9 Å². The molecule has 0 amide bonds. The van der Waals surface area contributed by atoms with E-state index >= 15 is 0 Å². The molecule has 0 saturated carbocycles. The summed E-state index contributed by atoms with van der Waals surface area (Å²) in [5, 5.41) is 27.5. The van der Waals surface area contributed by atoms with Crippen molar-refractivity contribution in [3.8, 4) is 6.07 Å². The molecule has 0 saturated heterocycles. The van der Waals surface area contributed by atoms with Gasteiger partial charge in [0.1, 0.15) is 6.10 Å². The molecule has 0 heterocycles. The van der Waals surface area contributed by atoms with Crippen LogP contribution in [0.15, 0.2) is 18.2 Å². The summed E-state index contributed by atoms with van der Waals surface area (Å²) in [6.07, 6.45) is -2.87. The molecule has 1 aromatic carbocycles. The normalized spacial score (nSPS) is 13.6. The van der Waals surface area contributed by atoms with Crippen LogP contribution in [0, 0.1) is 18.3 Å². The number of esters is 1. The Morgan fingerprint density at radius 3 is 2.65 bits per heavy atom. The molecule has 5 nitrogen and oxygen atoms in total. The molecule has 0 aliphatic carbocycles. The van der Waals surface area contributed by atoms with E-state index in [1.165, 1.54) is 7.11 Å². The second-order valence-corrected chi connectivity index (χ2v) is 3.53. The predicted molar refractivity (Wildman–Crippen MR) is 59.1 cm³/mol. The summed E-state index contributed by atoms with van der Waals surface area (Å²) in [5.41, 5.74) is 1.12. The van der Waals surface area contributed by atoms with Gasteiger partial charge in [-0.3, -0.25) is 0 Å². The zero-order chi connectivity index (χ0) is 13.0. The Hall–Kier alpha value is -1.90. The van der Waals surface area contributed by atoms with Crippen LogP contribution in [0.4, 0.5) is 0 Å². The van der Waals surface area contributed by atoms with Crippen LogP contribution >= 0.6 is 0 Å². The summed E-state index contributed by atoms with van der Waals surface area (Å²) in [5.74, 6) is -0.525. The van der Waals surface area contributed by atoms with Crippen molar-refractivity contribution >= 4 is 5.97 Å². The lowest BCUT2D eigenvalue weighted by Gasteiger charge is -2.16. The number of nitrogens with zero attached hydrogens (tertiary/aromatic N) is 1. The number of hydrogen-bond acceptors (Lipinski definition) is 5. The number of ether oxygens (including phenoxy) is 1. The van der Waals surface area contributed by atoms with Crippen molar-refractivity contribution in [3.63, 3.8) is 0 Å². The largest absolute Gasteiger partial charge is 0.465 e. The van der Waals surface area contributed by atoms with Crippen LogP contribution in [0.5, 0.6) is 0 Å². The molecule has 2 unspecified atom stereocenters. The number of rotatable bonds is 3. The average Bonchev–Trinajstić information content (AvgIpc) is 2.36. The van der Waals surface area contributed by atoms with E-state index in [2.05, 4.69) is 4.74 Å². The lowest BCUT2D eigenvalue weighted by Crippen LogP contribution is -2.18. The van der Waals surface area contributed by atoms with E-state index in [9.17, 15) is 15.0 Å². The molecule has 0 aromatic heterocycles. The van der Waals surface area contributed by atoms with Crippen LogP contribution in [0.3, 0.4) is 0 Å². The van der Waals surface area contributed by atoms with Gasteiger partial charge in [0, 0.05) is 0 Å². The van der Waals surface area contributed by atoms with Crippen LogP contribution in [0.2, 0.25) is 0 Å². The first-order valence-corrected chi connectivity index (χ1v) is 4.96. The van der Waals surface area contributed by atoms with Crippen molar-refractivity contribution < 1.29 is 19.7 Å². The van der Waals surface area contributed by atoms with E-state index in [-0.39, 0.29) is 0 Å². The Bertz CT molecular complexity index is 464. The number of aliphatic hydroxyl groups excluding tert-OH is 2. The van der Waals surface area contributed by atoms with Crippen molar-refractivity contribution in [2.75, 3.05) is 7.11 Å². The number of hydrogen-bond donors (Lipinski definition) is 2. The van der Waals surface area contributed by atoms with Gasteiger partial charge >= 0.3 is 5.97 Å². The third-order valence-corrected chi connectivity index (χ3v) is 2.53. The molecule has 17 heavy (non-hydrogen) atoms. The number of aliphatic hydroxyl groups is 2. The number of nitriles is 1. The SMILES string of the molecule is COC(=O)c1cccc(C(O)C(O)C#N)c1C. The van der Waals surface area contributed by atoms with Gasteiger partial charge in [-0.15, -0.1) is 0 Å². The van der Waals surface area contributed by atoms with Gasteiger partial charge in [-0.25, -0.2) is 4.79 Å². The molecular formula is C12H13NO4. The Labute approximate surface area is 98.9 Å². The van der Waals surface area contributed by atoms with Gasteiger partial charge in [-0.05, 0) is 24.1 Å². The number of methoxy groups -OCH3 is 1. The van der Waals surface area contributed by atoms with Crippen molar-refractivity contribution in [2.45, 2.75) is 19.1 Å². The van der Waals surface area contributed by atoms with Gasteiger partial charge in [-0.2, -0.15) is 5.26 Å². The molecule has 1 aromatic rings. The van der Waals surface area contributed by atoms with E-state index < -0.39 is 18.2 Å². The highest BCUT2D eigenvalue weighted by Crippen LogP contribution is 2.23. The zero-order valence-electron chi connectivity index (χ0n) is 9.54. The first kappa shape index (κ1) is 13.2. The molecule has 0 aliphatic heterocycles. The van der Waals surface area contributed by atoms with E-state index in [0.717, 1.165) is 0 Å². The number of carbonyl (C=O) groups excluding carboxylic acids is 1. The molecular weight excluding hydrogens is 222 g/mol. The molecule has 2 atom stereocenters. The number of benzene rings is 1. The van der Waals surface area contributed by atoms with Gasteiger partial charge in [-0.1, -0.05) is 12.1 Å². The van der Waals surface area contributed by atoms with Gasteiger partial charge in [0.25, 0.3) is 0 Å². The molecule has 0 bridgehead atoms. The highest BCUT2D eigenvalue weighted by Gasteiger charge is 2.22. The van der Waals surface area contributed by atoms with Crippen LogP contribution in [0.25, 0.3) is 0 Å². The third-order valence-electron chi connectivity index (χ3n) is 2.53. The van der Waals surface area contributed by atoms with E-state index in [1.807, 2.05) is 0 Å². The monoisotopic (exact) mass is 235 g/mol. The molecule has 1 rings (SSSR count). The fourth-order valence-corrected chi connectivity index (χ4v) is 1.55. The first-order chi connectivity index (χ1) is 8.02. The maximum absolute atomic E-state index is 11.4. The molecule has 90 valence electrons. The van der Waals surface area contributed by atoms with E-state index in [1.54, 1.807) is 31.2 Å². The summed E-state index contributed by atoms with van der Waals surface area (Å²) >= 11 is 0. The molecule has 0 aliphatic rings. The summed E-state index contributed by atoms with van der Waals surface area (Å²) in [6, 6.07) is 6.20. The van der Waals surface area contributed by atoms with Crippen molar-refractivity contribution in [2.24, 2.45) is 0 Å². The molecule has 0 spiro atoms. The van der Waals surface area contributed by atoms with Crippen molar-refractivity contribution in [3.05, 3.63) is 34.9 Å². The van der Waals surface area contributed by atoms with Gasteiger partial charge in [0.15, 0.2) is 6.10 Å². The second-order valence-electron chi connectivity index (χ2n) is 3.53. The second kappa shape index (κ2) is 5.43. The molecule has 0 fully saturated rings. The summed E-state index contributed by atoms with van der Waals surface area (Å²) in [6.45, 7) is 1.62. The quantitative estimate of drug-likeness (QED) is 0.594. The maximum atomic E-state index is 11.4. The minimum absolute atomic E-state index is 0.300. The fraction of sp³-hybridized carbons (Fsp3) is 0.333. The highest BCUT2D eigenvalue weighted by atomic mass is 16.5. The van der Waals surface area contributed by atoms with Gasteiger partial charge in [0.2, 0.25) is 0 Å². The lowest BCUT2D eigenvalue weighted by molar-refractivity contribution is 0.0517. The summed E-state index contributed by atoms with van der Waals surface area (Å²) in [4.78, 5) is 11.4. The Kier molecular flexibility index (Phi) is 4.21. The molecule has 2 N–H and O–H groups in total. The fourth-order valence-electron chi connectivity index (χ4n) is 1.55. The van der Waals surface area contributed by atoms with Crippen LogP contribution in [0.1, 0.15) is 27.6 Å². The van der Waals surface area contributed by atoms with Crippen LogP contribution in [-0.2, 0) is 4.74 Å². The average molecular weight is 235 g/mol. The van der Waals surface area contributed by atoms with Gasteiger partial charge in [0.05, 0.1) is 18.7 Å². The van der Waals surface area contributed by atoms with Crippen LogP contribution < -0.4 is 0 Å². The zero-order valence-corrected chi connectivity index (χ0v) is 9.54. The van der Waals surface area contributed by atoms with Crippen molar-refractivity contribution in [1.82, 2.24) is 0 Å².